The number of pyridine rings is 1. The number of nitrogens with zero attached hydrogens (tertiary/aromatic N) is 2. The molecule has 0 saturated heterocycles. The average molecular weight is 445 g/mol. The van der Waals surface area contributed by atoms with Gasteiger partial charge in [-0.15, -0.1) is 0 Å². The van der Waals surface area contributed by atoms with Gasteiger partial charge in [-0.3, -0.25) is 14.6 Å². The summed E-state index contributed by atoms with van der Waals surface area (Å²) in [6, 6.07) is 18.4. The number of benzene rings is 2. The van der Waals surface area contributed by atoms with E-state index >= 15 is 0 Å². The molecule has 0 saturated carbocycles. The number of hydrogen-bond donors (Lipinski definition) is 0. The second-order valence-corrected chi connectivity index (χ2v) is 8.14. The summed E-state index contributed by atoms with van der Waals surface area (Å²) in [4.78, 5) is 32.6. The van der Waals surface area contributed by atoms with E-state index in [9.17, 15) is 9.59 Å². The first-order valence-electron chi connectivity index (χ1n) is 11.1. The van der Waals surface area contributed by atoms with E-state index in [0.717, 1.165) is 22.5 Å². The summed E-state index contributed by atoms with van der Waals surface area (Å²) in [6.07, 6.45) is 0.411. The fourth-order valence-corrected chi connectivity index (χ4v) is 4.29. The number of ketones is 1. The molecule has 1 aromatic heterocycles. The van der Waals surface area contributed by atoms with E-state index in [1.807, 2.05) is 74.5 Å². The number of Topliss-reactive ketones (excluding diaryl/α,β-unsaturated/α-hetero) is 1. The van der Waals surface area contributed by atoms with Gasteiger partial charge in [-0.2, -0.15) is 0 Å². The molecule has 1 unspecified atom stereocenters. The number of carbonyl (C=O) groups is 2. The number of hydrogen-bond acceptors (Lipinski definition) is 5. The first kappa shape index (κ1) is 22.5. The van der Waals surface area contributed by atoms with E-state index < -0.39 is 6.04 Å². The van der Waals surface area contributed by atoms with Crippen LogP contribution in [0.15, 0.2) is 60.7 Å². The van der Waals surface area contributed by atoms with Crippen molar-refractivity contribution in [1.29, 1.82) is 0 Å². The molecule has 1 aliphatic heterocycles. The van der Waals surface area contributed by atoms with Crippen molar-refractivity contribution in [2.24, 2.45) is 0 Å². The number of ether oxygens (including phenoxy) is 2. The zero-order valence-electron chi connectivity index (χ0n) is 19.2. The molecule has 4 rings (SSSR count). The Kier molecular flexibility index (Phi) is 6.73. The third-order valence-electron chi connectivity index (χ3n) is 5.84. The van der Waals surface area contributed by atoms with Gasteiger partial charge in [-0.25, -0.2) is 0 Å². The van der Waals surface area contributed by atoms with Crippen LogP contribution in [0.1, 0.15) is 52.3 Å². The lowest BCUT2D eigenvalue weighted by Gasteiger charge is -2.28. The van der Waals surface area contributed by atoms with Crippen molar-refractivity contribution in [1.82, 2.24) is 9.88 Å². The van der Waals surface area contributed by atoms with Crippen LogP contribution in [-0.2, 0) is 17.8 Å². The molecule has 0 spiro atoms. The van der Waals surface area contributed by atoms with E-state index in [4.69, 9.17) is 9.47 Å². The van der Waals surface area contributed by atoms with Crippen LogP contribution in [-0.4, -0.2) is 35.3 Å². The topological polar surface area (TPSA) is 68.7 Å². The Morgan fingerprint density at radius 3 is 2.64 bits per heavy atom. The van der Waals surface area contributed by atoms with Crippen LogP contribution in [0.5, 0.6) is 11.5 Å². The smallest absolute Gasteiger partial charge is 0.255 e. The van der Waals surface area contributed by atoms with Crippen LogP contribution in [0.2, 0.25) is 0 Å². The van der Waals surface area contributed by atoms with Gasteiger partial charge < -0.3 is 14.4 Å². The minimum absolute atomic E-state index is 0.0229. The number of methoxy groups -OCH3 is 1. The zero-order valence-corrected chi connectivity index (χ0v) is 19.2. The van der Waals surface area contributed by atoms with Gasteiger partial charge in [0.05, 0.1) is 19.8 Å². The number of rotatable bonds is 9. The van der Waals surface area contributed by atoms with Crippen molar-refractivity contribution in [2.45, 2.75) is 39.3 Å². The second kappa shape index (κ2) is 9.86. The van der Waals surface area contributed by atoms with E-state index in [1.165, 1.54) is 0 Å². The zero-order chi connectivity index (χ0) is 23.4. The molecule has 6 heteroatoms. The SMILES string of the molecule is CCOc1ccc(C(CC(=O)Cc2cccc(C)n2)N2Cc3ccccc3C2=O)cc1OC. The van der Waals surface area contributed by atoms with E-state index in [1.54, 1.807) is 12.0 Å². The maximum Gasteiger partial charge on any atom is 0.255 e. The second-order valence-electron chi connectivity index (χ2n) is 8.14. The molecule has 1 atom stereocenters. The largest absolute Gasteiger partial charge is 0.493 e. The Labute approximate surface area is 194 Å². The summed E-state index contributed by atoms with van der Waals surface area (Å²) < 4.78 is 11.2. The Hall–Kier alpha value is -3.67. The van der Waals surface area contributed by atoms with Crippen molar-refractivity contribution in [3.05, 3.63) is 88.7 Å². The first-order chi connectivity index (χ1) is 16.0. The van der Waals surface area contributed by atoms with Gasteiger partial charge >= 0.3 is 0 Å². The van der Waals surface area contributed by atoms with Crippen LogP contribution in [0.4, 0.5) is 0 Å². The van der Waals surface area contributed by atoms with Gasteiger partial charge in [-0.1, -0.05) is 30.3 Å². The molecular formula is C27H28N2O4. The van der Waals surface area contributed by atoms with E-state index in [-0.39, 0.29) is 24.5 Å². The van der Waals surface area contributed by atoms with E-state index in [2.05, 4.69) is 4.98 Å². The number of carbonyl (C=O) groups excluding carboxylic acids is 2. The van der Waals surface area contributed by atoms with Crippen molar-refractivity contribution in [3.8, 4) is 11.5 Å². The first-order valence-corrected chi connectivity index (χ1v) is 11.1. The van der Waals surface area contributed by atoms with Crippen molar-refractivity contribution < 1.29 is 19.1 Å². The number of aromatic nitrogens is 1. The van der Waals surface area contributed by atoms with Gasteiger partial charge in [0.2, 0.25) is 0 Å². The lowest BCUT2D eigenvalue weighted by atomic mass is 9.97. The summed E-state index contributed by atoms with van der Waals surface area (Å²) in [6.45, 7) is 4.80. The average Bonchev–Trinajstić information content (AvgIpc) is 3.14. The minimum Gasteiger partial charge on any atom is -0.493 e. The Morgan fingerprint density at radius 2 is 1.91 bits per heavy atom. The summed E-state index contributed by atoms with van der Waals surface area (Å²) in [5.41, 5.74) is 4.10. The maximum atomic E-state index is 13.3. The molecule has 0 fully saturated rings. The fraction of sp³-hybridized carbons (Fsp3) is 0.296. The van der Waals surface area contributed by atoms with Gasteiger partial charge in [0.15, 0.2) is 11.5 Å². The standard InChI is InChI=1S/C27H28N2O4/c1-4-33-25-13-12-19(14-26(25)32-3)24(16-22(30)15-21-10-7-8-18(2)28-21)29-17-20-9-5-6-11-23(20)27(29)31/h5-14,24H,4,15-17H2,1-3H3. The molecule has 1 amide bonds. The molecule has 170 valence electrons. The van der Waals surface area contributed by atoms with Gasteiger partial charge in [0.1, 0.15) is 5.78 Å². The van der Waals surface area contributed by atoms with Crippen molar-refractivity contribution >= 4 is 11.7 Å². The molecule has 2 aromatic carbocycles. The van der Waals surface area contributed by atoms with Gasteiger partial charge in [0.25, 0.3) is 5.91 Å². The molecule has 0 aliphatic carbocycles. The molecule has 0 radical (unpaired) electrons. The molecule has 2 heterocycles. The monoisotopic (exact) mass is 444 g/mol. The summed E-state index contributed by atoms with van der Waals surface area (Å²) in [5, 5.41) is 0. The molecular weight excluding hydrogens is 416 g/mol. The highest BCUT2D eigenvalue weighted by Gasteiger charge is 2.34. The van der Waals surface area contributed by atoms with Crippen LogP contribution >= 0.6 is 0 Å². The summed E-state index contributed by atoms with van der Waals surface area (Å²) in [5.74, 6) is 1.17. The molecule has 6 nitrogen and oxygen atoms in total. The normalized spacial score (nSPS) is 13.5. The highest BCUT2D eigenvalue weighted by Crippen LogP contribution is 2.37. The number of aryl methyl sites for hydroxylation is 1. The highest BCUT2D eigenvalue weighted by atomic mass is 16.5. The quantitative estimate of drug-likeness (QED) is 0.479. The van der Waals surface area contributed by atoms with Crippen molar-refractivity contribution in [3.63, 3.8) is 0 Å². The molecule has 3 aromatic rings. The van der Waals surface area contributed by atoms with Gasteiger partial charge in [0, 0.05) is 36.3 Å². The van der Waals surface area contributed by atoms with Crippen LogP contribution < -0.4 is 9.47 Å². The third-order valence-corrected chi connectivity index (χ3v) is 5.84. The fourth-order valence-electron chi connectivity index (χ4n) is 4.29. The summed E-state index contributed by atoms with van der Waals surface area (Å²) in [7, 11) is 1.59. The lowest BCUT2D eigenvalue weighted by molar-refractivity contribution is -0.119. The Balaban J connectivity index is 1.65. The Morgan fingerprint density at radius 1 is 1.09 bits per heavy atom. The molecule has 0 bridgehead atoms. The van der Waals surface area contributed by atoms with Crippen molar-refractivity contribution in [2.75, 3.05) is 13.7 Å². The number of amides is 1. The lowest BCUT2D eigenvalue weighted by Crippen LogP contribution is -2.31. The minimum atomic E-state index is -0.424. The molecule has 0 N–H and O–H groups in total. The molecule has 33 heavy (non-hydrogen) atoms. The van der Waals surface area contributed by atoms with Crippen LogP contribution in [0.3, 0.4) is 0 Å². The Bertz CT molecular complexity index is 1170. The predicted molar refractivity (Wildman–Crippen MR) is 126 cm³/mol. The molecule has 1 aliphatic rings. The summed E-state index contributed by atoms with van der Waals surface area (Å²) >= 11 is 0. The number of fused-ring (bicyclic) bond motifs is 1. The van der Waals surface area contributed by atoms with E-state index in [0.29, 0.717) is 30.2 Å². The third kappa shape index (κ3) is 4.90. The maximum absolute atomic E-state index is 13.3. The highest BCUT2D eigenvalue weighted by molar-refractivity contribution is 5.99. The predicted octanol–water partition coefficient (Wildman–Crippen LogP) is 4.70. The van der Waals surface area contributed by atoms with Gasteiger partial charge in [-0.05, 0) is 55.3 Å². The van der Waals surface area contributed by atoms with Crippen LogP contribution in [0, 0.1) is 6.92 Å². The van der Waals surface area contributed by atoms with Crippen LogP contribution in [0.25, 0.3) is 0 Å².